The lowest BCUT2D eigenvalue weighted by Gasteiger charge is -2.80. The Morgan fingerprint density at radius 3 is 2.14 bits per heavy atom. The number of methoxy groups -OCH3 is 1. The summed E-state index contributed by atoms with van der Waals surface area (Å²) >= 11 is 0. The van der Waals surface area contributed by atoms with Crippen molar-refractivity contribution in [2.24, 2.45) is 177 Å². The zero-order valence-corrected chi connectivity index (χ0v) is 46.2. The lowest BCUT2D eigenvalue weighted by molar-refractivity contribution is -0.220. The molecule has 2 spiro atoms. The molecule has 0 aromatic heterocycles. The van der Waals surface area contributed by atoms with Gasteiger partial charge in [0.15, 0.2) is 0 Å². The molecule has 29 rings (SSSR count). The minimum Gasteiger partial charge on any atom is -0.467 e. The first-order valence-corrected chi connectivity index (χ1v) is 34.2. The molecule has 4 aromatic rings. The van der Waals surface area contributed by atoms with Gasteiger partial charge in [0.25, 0.3) is 0 Å². The SMILES string of the molecule is COC(=O)C(Cc1ccc(NC2CCC34c5c6c7c8c9c%10c%11c%12c%13c%14c%15c%11c8c5C%15=C5C8C%14C%11CC%13[C@H]%13C%14C%12C%10C%10C%12C=C9C9C7CC6[C@@H]3[C@@H]3[C@H]6[C@@H](C)[C@@H]9[C@@H]7[C@H]9[C@H]%15[C@@H]%16C(C%14C%10[C@H]%12[C@@H]%167)[C@H]%13[C@@H]%11[C@H]%15[C@@H](C)[C@H]([C@@H]69)[C@H]3[C@H]8C54C2)cc1)NC(C)=O. The smallest absolute Gasteiger partial charge is 0.328 e. The Kier molecular flexibility index (Phi) is 5.18. The molecule has 0 heterocycles. The third-order valence-corrected chi connectivity index (χ3v) is 36.4. The van der Waals surface area contributed by atoms with Gasteiger partial charge in [0.2, 0.25) is 5.91 Å². The van der Waals surface area contributed by atoms with Crippen molar-refractivity contribution >= 4 is 50.3 Å². The molecule has 80 heavy (non-hydrogen) atoms. The second kappa shape index (κ2) is 10.6. The van der Waals surface area contributed by atoms with Gasteiger partial charge in [-0.2, -0.15) is 0 Å². The van der Waals surface area contributed by atoms with Gasteiger partial charge in [-0.15, -0.1) is 0 Å². The third kappa shape index (κ3) is 2.87. The van der Waals surface area contributed by atoms with Crippen LogP contribution in [0, 0.1) is 177 Å². The van der Waals surface area contributed by atoms with Gasteiger partial charge >= 0.3 is 5.97 Å². The molecule has 396 valence electrons. The van der Waals surface area contributed by atoms with Gasteiger partial charge < -0.3 is 15.4 Å². The van der Waals surface area contributed by atoms with Crippen LogP contribution in [-0.4, -0.2) is 31.1 Å². The van der Waals surface area contributed by atoms with Crippen LogP contribution in [0.3, 0.4) is 0 Å². The lowest BCUT2D eigenvalue weighted by atomic mass is 9.23. The van der Waals surface area contributed by atoms with Crippen LogP contribution in [0.2, 0.25) is 0 Å². The summed E-state index contributed by atoms with van der Waals surface area (Å²) in [5.41, 5.74) is 29.8. The van der Waals surface area contributed by atoms with Gasteiger partial charge in [0.05, 0.1) is 7.11 Å². The van der Waals surface area contributed by atoms with Crippen LogP contribution in [0.4, 0.5) is 5.69 Å². The molecule has 5 heteroatoms. The number of rotatable bonds is 6. The van der Waals surface area contributed by atoms with E-state index in [1.165, 1.54) is 45.4 Å². The first kappa shape index (κ1) is 39.2. The topological polar surface area (TPSA) is 67.4 Å². The Morgan fingerprint density at radius 1 is 0.588 bits per heavy atom. The van der Waals surface area contributed by atoms with Crippen LogP contribution in [-0.2, 0) is 26.2 Å². The van der Waals surface area contributed by atoms with E-state index in [2.05, 4.69) is 105 Å². The molecule has 1 amide bonds. The van der Waals surface area contributed by atoms with Crippen molar-refractivity contribution in [1.82, 2.24) is 5.32 Å². The van der Waals surface area contributed by atoms with E-state index in [9.17, 15) is 9.59 Å². The summed E-state index contributed by atoms with van der Waals surface area (Å²) in [6, 6.07) is 8.85. The highest BCUT2D eigenvalue weighted by Gasteiger charge is 2.93. The summed E-state index contributed by atoms with van der Waals surface area (Å²) in [5, 5.41) is 15.2. The molecule has 39 atom stereocenters. The first-order chi connectivity index (χ1) is 39.3. The van der Waals surface area contributed by atoms with Crippen molar-refractivity contribution in [2.45, 2.75) is 112 Å². The van der Waals surface area contributed by atoms with Crippen LogP contribution < -0.4 is 10.6 Å². The fourth-order valence-electron chi connectivity index (χ4n) is 38.2. The van der Waals surface area contributed by atoms with Crippen molar-refractivity contribution < 1.29 is 14.3 Å². The van der Waals surface area contributed by atoms with E-state index >= 15 is 0 Å². The predicted octanol–water partition coefficient (Wildman–Crippen LogP) is 12.1. The minimum atomic E-state index is -0.678. The predicted molar refractivity (Wildman–Crippen MR) is 299 cm³/mol. The van der Waals surface area contributed by atoms with E-state index < -0.39 is 6.04 Å². The number of allylic oxidation sites excluding steroid dienone is 3. The highest BCUT2D eigenvalue weighted by atomic mass is 16.5. The molecule has 0 radical (unpaired) electrons. The Labute approximate surface area is 466 Å². The molecule has 11 bridgehead atoms. The second-order valence-corrected chi connectivity index (χ2v) is 35.2. The maximum Gasteiger partial charge on any atom is 0.328 e. The monoisotopic (exact) mass is 1040 g/mol. The summed E-state index contributed by atoms with van der Waals surface area (Å²) in [5.74, 6) is 32.2. The van der Waals surface area contributed by atoms with E-state index in [-0.39, 0.29) is 22.7 Å². The fraction of sp³-hybridized carbons (Fsp3) is 0.653. The molecule has 13 fully saturated rings. The number of hydrogen-bond acceptors (Lipinski definition) is 4. The molecular formula is C75H68N2O3. The van der Waals surface area contributed by atoms with Crippen molar-refractivity contribution in [2.75, 3.05) is 12.4 Å². The van der Waals surface area contributed by atoms with E-state index in [1.54, 1.807) is 6.42 Å². The third-order valence-electron chi connectivity index (χ3n) is 36.4. The molecule has 0 aliphatic heterocycles. The Morgan fingerprint density at radius 2 is 1.30 bits per heavy atom. The Bertz CT molecular complexity index is 4280. The van der Waals surface area contributed by atoms with Gasteiger partial charge in [-0.05, 0) is 345 Å². The average Bonchev–Trinajstić information content (AvgIpc) is 1.39. The van der Waals surface area contributed by atoms with E-state index in [4.69, 9.17) is 4.74 Å². The number of carbonyl (C=O) groups excluding carboxylic acids is 2. The molecule has 13 saturated carbocycles. The maximum atomic E-state index is 12.9. The number of nitrogens with one attached hydrogen (secondary N) is 2. The second-order valence-electron chi connectivity index (χ2n) is 35.2. The van der Waals surface area contributed by atoms with E-state index in [0.717, 1.165) is 213 Å². The maximum absolute atomic E-state index is 12.9. The number of esters is 1. The molecule has 4 aromatic carbocycles. The van der Waals surface area contributed by atoms with E-state index in [1.807, 2.05) is 43.8 Å². The Balaban J connectivity index is 0.780. The number of benzene rings is 4. The lowest BCUT2D eigenvalue weighted by Crippen LogP contribution is -2.76. The van der Waals surface area contributed by atoms with Gasteiger partial charge in [0.1, 0.15) is 6.04 Å². The number of carbonyl (C=O) groups is 2. The summed E-state index contributed by atoms with van der Waals surface area (Å²) < 4.78 is 5.16. The number of ether oxygens (including phenoxy) is 1. The molecule has 0 saturated heterocycles. The van der Waals surface area contributed by atoms with Crippen LogP contribution in [0.25, 0.3) is 32.7 Å². The first-order valence-electron chi connectivity index (χ1n) is 34.2. The van der Waals surface area contributed by atoms with Gasteiger partial charge in [0, 0.05) is 35.9 Å². The average molecular weight is 1050 g/mol. The quantitative estimate of drug-likeness (QED) is 0.131. The molecule has 25 aliphatic carbocycles. The standard InChI is InChI=1S/C75H68N2O3/c1-16-29-33-22-12-25-38-48-39(25)52-51-36(22)47-35-23(33)14-27-42(35)70-66-62(47)61-60(51)54-40-26-13-24-34-30-17(2)32-43(55-44(29)50(38)56(45(30)55)58-46(34)37(26)53(57(48)58)59(52)54)31(16)64-65(32)71-68-41(24)49(40)63(61)67(66)72(68)75(71)15-21(9-10-74(70,75)69(27)64)77-20-7-5-19(6-8-20)11-28(73(79)80-4)76-18(3)78/h5-8,12,16-17,21,23-34,37-39,41,43-46,48,50,52-53,55-59,64-65,68-69,71,77H,9-11,13-15H2,1-4H3,(H,76,78)/t16-,17+,21?,23?,24?,25?,26?,27?,28?,29-,30+,31-,32+,33?,34-,37+,38-,39?,41?,43+,44-,45-,46-,48?,50+,52?,53?,55-,56-,57?,58?,59?,64+,65+,68?,69+,71+,74?,75?/m0/s1. The van der Waals surface area contributed by atoms with Crippen LogP contribution >= 0.6 is 0 Å². The highest BCUT2D eigenvalue weighted by molar-refractivity contribution is 6.32. The van der Waals surface area contributed by atoms with Crippen LogP contribution in [0.15, 0.2) is 35.9 Å². The minimum absolute atomic E-state index is 0.198. The molecule has 19 unspecified atom stereocenters. The van der Waals surface area contributed by atoms with Crippen molar-refractivity contribution in [1.29, 1.82) is 0 Å². The number of amides is 1. The summed E-state index contributed by atoms with van der Waals surface area (Å²) in [7, 11) is 1.43. The molecule has 25 aliphatic rings. The van der Waals surface area contributed by atoms with Gasteiger partial charge in [-0.3, -0.25) is 4.79 Å². The fourth-order valence-corrected chi connectivity index (χ4v) is 38.2. The summed E-state index contributed by atoms with van der Waals surface area (Å²) in [6.45, 7) is 7.68. The Hall–Kier alpha value is -4.38. The zero-order valence-electron chi connectivity index (χ0n) is 46.2. The summed E-state index contributed by atoms with van der Waals surface area (Å²) in [4.78, 5) is 25.1. The van der Waals surface area contributed by atoms with Crippen molar-refractivity contribution in [3.63, 3.8) is 0 Å². The van der Waals surface area contributed by atoms with Crippen molar-refractivity contribution in [3.05, 3.63) is 97.1 Å². The van der Waals surface area contributed by atoms with Gasteiger partial charge in [-0.1, -0.05) is 37.6 Å². The summed E-state index contributed by atoms with van der Waals surface area (Å²) in [6.07, 6.45) is 10.9. The van der Waals surface area contributed by atoms with Gasteiger partial charge in [-0.25, -0.2) is 4.79 Å². The normalized spacial score (nSPS) is 62.2. The molecular weight excluding hydrogens is 977 g/mol. The molecule has 5 nitrogen and oxygen atoms in total. The number of fused-ring (bicyclic) bond motifs is 12. The molecule has 2 N–H and O–H groups in total. The largest absolute Gasteiger partial charge is 0.467 e. The highest BCUT2D eigenvalue weighted by Crippen LogP contribution is 3.00. The van der Waals surface area contributed by atoms with Crippen LogP contribution in [0.1, 0.15) is 150 Å². The number of hydrogen-bond donors (Lipinski definition) is 2. The van der Waals surface area contributed by atoms with Crippen LogP contribution in [0.5, 0.6) is 0 Å². The van der Waals surface area contributed by atoms with E-state index in [0.29, 0.717) is 12.5 Å². The number of anilines is 1. The zero-order chi connectivity index (χ0) is 50.4. The van der Waals surface area contributed by atoms with Crippen molar-refractivity contribution in [3.8, 4) is 0 Å².